The van der Waals surface area contributed by atoms with Crippen LogP contribution in [-0.2, 0) is 19.1 Å². The van der Waals surface area contributed by atoms with Gasteiger partial charge in [0.15, 0.2) is 0 Å². The summed E-state index contributed by atoms with van der Waals surface area (Å²) < 4.78 is 4.57. The second kappa shape index (κ2) is 10.6. The number of hydrogen-bond donors (Lipinski definition) is 2. The summed E-state index contributed by atoms with van der Waals surface area (Å²) >= 11 is 5.02. The molecule has 0 spiro atoms. The zero-order valence-corrected chi connectivity index (χ0v) is 14.9. The molecule has 0 unspecified atom stereocenters. The number of nitrogens with zero attached hydrogens (tertiary/aromatic N) is 1. The van der Waals surface area contributed by atoms with Crippen LogP contribution >= 0.6 is 24.4 Å². The number of carboxylic acids is 1. The van der Waals surface area contributed by atoms with E-state index in [0.717, 1.165) is 0 Å². The quantitative estimate of drug-likeness (QED) is 0.459. The van der Waals surface area contributed by atoms with Crippen LogP contribution in [0.5, 0.6) is 0 Å². The van der Waals surface area contributed by atoms with E-state index in [-0.39, 0.29) is 36.0 Å². The number of carbonyl (C=O) groups excluding carboxylic acids is 2. The molecule has 0 aliphatic carbocycles. The van der Waals surface area contributed by atoms with Crippen LogP contribution in [0.2, 0.25) is 0 Å². The lowest BCUT2D eigenvalue weighted by atomic mass is 9.98. The Hall–Kier alpha value is -1.15. The number of hydrogen-bond acceptors (Lipinski definition) is 6. The van der Waals surface area contributed by atoms with Gasteiger partial charge in [0.2, 0.25) is 5.91 Å². The molecule has 2 atom stereocenters. The highest BCUT2D eigenvalue weighted by Gasteiger charge is 2.51. The van der Waals surface area contributed by atoms with Gasteiger partial charge in [0, 0.05) is 11.3 Å². The number of aliphatic carboxylic acids is 1. The molecule has 0 aromatic carbocycles. The summed E-state index contributed by atoms with van der Waals surface area (Å²) in [5.74, 6) is -1.03. The lowest BCUT2D eigenvalue weighted by Gasteiger charge is -2.48. The lowest BCUT2D eigenvalue weighted by molar-refractivity contribution is -0.151. The number of rotatable bonds is 4. The second-order valence-electron chi connectivity index (χ2n) is 4.57. The third-order valence-corrected chi connectivity index (χ3v) is 4.32. The van der Waals surface area contributed by atoms with E-state index >= 15 is 0 Å². The van der Waals surface area contributed by atoms with E-state index in [0.29, 0.717) is 11.3 Å². The number of fused-ring (bicyclic) bond motifs is 1. The molecule has 0 saturated carbocycles. The Bertz CT molecular complexity index is 439. The smallest absolute Gasteiger partial charge is 0.352 e. The highest BCUT2D eigenvalue weighted by molar-refractivity contribution is 8.00. The van der Waals surface area contributed by atoms with Crippen LogP contribution in [0.4, 0.5) is 0 Å². The van der Waals surface area contributed by atoms with Gasteiger partial charge in [-0.25, -0.2) is 4.79 Å². The minimum Gasteiger partial charge on any atom is -0.477 e. The van der Waals surface area contributed by atoms with Gasteiger partial charge in [-0.3, -0.25) is 14.5 Å². The van der Waals surface area contributed by atoms with Gasteiger partial charge in [-0.05, 0) is 6.26 Å². The molecule has 2 heterocycles. The Morgan fingerprint density at radius 3 is 2.50 bits per heavy atom. The molecular weight excluding hydrogens is 326 g/mol. The summed E-state index contributed by atoms with van der Waals surface area (Å²) in [6.07, 6.45) is 2.94. The molecule has 1 N–H and O–H groups in total. The number of carboxylic acid groups (broad SMARTS) is 1. The summed E-state index contributed by atoms with van der Waals surface area (Å²) in [5.41, 5.74) is 0.435. The molecule has 1 amide bonds. The third kappa shape index (κ3) is 4.67. The van der Waals surface area contributed by atoms with Crippen molar-refractivity contribution < 1.29 is 24.2 Å². The summed E-state index contributed by atoms with van der Waals surface area (Å²) in [7, 11) is 0. The summed E-state index contributed by atoms with van der Waals surface area (Å²) in [6.45, 7) is 6.22. The molecule has 1 saturated heterocycles. The fraction of sp³-hybridized carbons (Fsp3) is 0.643. The third-order valence-electron chi connectivity index (χ3n) is 2.84. The molecule has 6 nitrogen and oxygen atoms in total. The Balaban J connectivity index is 0.000000789. The minimum absolute atomic E-state index is 0.0290. The van der Waals surface area contributed by atoms with Crippen molar-refractivity contribution in [1.82, 2.24) is 4.90 Å². The van der Waals surface area contributed by atoms with Crippen molar-refractivity contribution in [3.05, 3.63) is 11.3 Å². The zero-order valence-electron chi connectivity index (χ0n) is 13.2. The molecule has 8 heteroatoms. The normalized spacial score (nSPS) is 22.2. The Morgan fingerprint density at radius 1 is 1.50 bits per heavy atom. The van der Waals surface area contributed by atoms with Gasteiger partial charge in [-0.1, -0.05) is 27.2 Å². The predicted octanol–water partition coefficient (Wildman–Crippen LogP) is 2.01. The monoisotopic (exact) mass is 349 g/mol. The maximum absolute atomic E-state index is 11.6. The number of thioether (sulfide) groups is 1. The topological polar surface area (TPSA) is 83.9 Å². The lowest BCUT2D eigenvalue weighted by Crippen LogP contribution is -2.60. The van der Waals surface area contributed by atoms with Crippen LogP contribution in [0.15, 0.2) is 11.3 Å². The van der Waals surface area contributed by atoms with Crippen molar-refractivity contribution in [1.29, 1.82) is 0 Å². The van der Waals surface area contributed by atoms with Crippen molar-refractivity contribution in [2.24, 2.45) is 5.92 Å². The molecule has 1 fully saturated rings. The van der Waals surface area contributed by atoms with E-state index in [2.05, 4.69) is 31.2 Å². The standard InChI is InChI=1S/C10H11NO5S.C3H8.CH4S/c1-5-8(13)11-7(10(14)15)6(2-16-4-12)3-17-9(5)11;1-3-2;1-2/h4-5,9H,2-3H2,1H3,(H,14,15);3H2,1-2H3;2H,1H3/t5-,9-;;/m1../s1. The first-order valence-electron chi connectivity index (χ1n) is 6.89. The molecule has 22 heavy (non-hydrogen) atoms. The van der Waals surface area contributed by atoms with Crippen LogP contribution in [-0.4, -0.2) is 52.3 Å². The van der Waals surface area contributed by atoms with Crippen LogP contribution < -0.4 is 0 Å². The largest absolute Gasteiger partial charge is 0.477 e. The molecule has 0 aromatic rings. The summed E-state index contributed by atoms with van der Waals surface area (Å²) in [4.78, 5) is 34.2. The van der Waals surface area contributed by atoms with Crippen LogP contribution in [0.3, 0.4) is 0 Å². The molecule has 2 aliphatic heterocycles. The number of ether oxygens (including phenoxy) is 1. The molecule has 0 radical (unpaired) electrons. The molecular formula is C14H23NO5S2. The fourth-order valence-corrected chi connectivity index (χ4v) is 3.34. The van der Waals surface area contributed by atoms with Crippen LogP contribution in [0, 0.1) is 5.92 Å². The molecule has 0 bridgehead atoms. The van der Waals surface area contributed by atoms with Gasteiger partial charge in [0.25, 0.3) is 6.47 Å². The van der Waals surface area contributed by atoms with Gasteiger partial charge in [0.1, 0.15) is 12.3 Å². The van der Waals surface area contributed by atoms with Gasteiger partial charge < -0.3 is 9.84 Å². The average Bonchev–Trinajstić information content (AvgIpc) is 2.53. The van der Waals surface area contributed by atoms with Gasteiger partial charge in [-0.15, -0.1) is 11.8 Å². The Labute approximate surface area is 140 Å². The van der Waals surface area contributed by atoms with E-state index in [1.807, 2.05) is 0 Å². The highest BCUT2D eigenvalue weighted by atomic mass is 32.2. The number of β-lactam (4-membered cyclic amide) rings is 1. The second-order valence-corrected chi connectivity index (χ2v) is 5.68. The predicted molar refractivity (Wildman–Crippen MR) is 89.8 cm³/mol. The van der Waals surface area contributed by atoms with Gasteiger partial charge >= 0.3 is 5.97 Å². The van der Waals surface area contributed by atoms with E-state index in [1.54, 1.807) is 13.2 Å². The number of thiol groups is 1. The van der Waals surface area contributed by atoms with E-state index in [9.17, 15) is 14.4 Å². The summed E-state index contributed by atoms with van der Waals surface area (Å²) in [5, 5.41) is 9.03. The minimum atomic E-state index is -1.15. The van der Waals surface area contributed by atoms with Crippen molar-refractivity contribution in [3.63, 3.8) is 0 Å². The van der Waals surface area contributed by atoms with Crippen molar-refractivity contribution in [2.45, 2.75) is 32.6 Å². The van der Waals surface area contributed by atoms with Gasteiger partial charge in [-0.2, -0.15) is 12.6 Å². The average molecular weight is 349 g/mol. The van der Waals surface area contributed by atoms with Gasteiger partial charge in [0.05, 0.1) is 11.3 Å². The van der Waals surface area contributed by atoms with E-state index < -0.39 is 5.97 Å². The first-order valence-corrected chi connectivity index (χ1v) is 8.83. The number of carbonyl (C=O) groups is 3. The van der Waals surface area contributed by atoms with E-state index in [1.165, 1.54) is 23.1 Å². The zero-order chi connectivity index (χ0) is 17.3. The fourth-order valence-electron chi connectivity index (χ4n) is 1.99. The highest BCUT2D eigenvalue weighted by Crippen LogP contribution is 2.43. The van der Waals surface area contributed by atoms with Crippen LogP contribution in [0.1, 0.15) is 27.2 Å². The van der Waals surface area contributed by atoms with Crippen molar-refractivity contribution >= 4 is 42.7 Å². The maximum Gasteiger partial charge on any atom is 0.352 e. The van der Waals surface area contributed by atoms with Crippen molar-refractivity contribution in [3.8, 4) is 0 Å². The summed E-state index contributed by atoms with van der Waals surface area (Å²) in [6, 6.07) is 0. The van der Waals surface area contributed by atoms with Crippen LogP contribution in [0.25, 0.3) is 0 Å². The first kappa shape index (κ1) is 20.9. The molecule has 126 valence electrons. The molecule has 0 aromatic heterocycles. The van der Waals surface area contributed by atoms with E-state index in [4.69, 9.17) is 5.11 Å². The maximum atomic E-state index is 11.6. The number of amides is 1. The Kier molecular flexibility index (Phi) is 10.0. The van der Waals surface area contributed by atoms with Crippen molar-refractivity contribution in [2.75, 3.05) is 18.6 Å². The molecule has 2 aliphatic rings. The SMILES string of the molecule is CCC.CS.C[C@@H]1C(=O)N2C(C(=O)O)=C(COC=O)CS[C@H]12. The molecule has 2 rings (SSSR count). The Morgan fingerprint density at radius 2 is 2.05 bits per heavy atom. The first-order chi connectivity index (χ1) is 10.5.